The first-order chi connectivity index (χ1) is 12.2. The molecule has 0 radical (unpaired) electrons. The van der Waals surface area contributed by atoms with Crippen molar-refractivity contribution in [1.82, 2.24) is 15.5 Å². The third-order valence-electron chi connectivity index (χ3n) is 3.71. The van der Waals surface area contributed by atoms with E-state index in [1.807, 2.05) is 13.0 Å². The Morgan fingerprint density at radius 3 is 2.77 bits per heavy atom. The van der Waals surface area contributed by atoms with Gasteiger partial charge in [-0.15, -0.1) is 24.0 Å². The molecular formula is C17H27F2IN4O2. The standard InChI is InChI=1S/C17H26F2N4O2.HI/c1-2-20-17(21-6-7-23-8-10-24-11-9-23)22-13-14-4-3-5-15(12-14)25-16(18)19;/h3-5,12,16H,2,6-11,13H2,1H3,(H2,20,21,22);1H. The van der Waals surface area contributed by atoms with Gasteiger partial charge in [-0.2, -0.15) is 8.78 Å². The van der Waals surface area contributed by atoms with Gasteiger partial charge >= 0.3 is 6.61 Å². The topological polar surface area (TPSA) is 58.1 Å². The van der Waals surface area contributed by atoms with Gasteiger partial charge < -0.3 is 20.1 Å². The largest absolute Gasteiger partial charge is 0.435 e. The van der Waals surface area contributed by atoms with Crippen molar-refractivity contribution in [3.05, 3.63) is 29.8 Å². The molecule has 0 aliphatic carbocycles. The Hall–Kier alpha value is -1.20. The van der Waals surface area contributed by atoms with E-state index in [9.17, 15) is 8.78 Å². The minimum Gasteiger partial charge on any atom is -0.435 e. The van der Waals surface area contributed by atoms with E-state index in [1.54, 1.807) is 12.1 Å². The molecule has 0 aromatic heterocycles. The lowest BCUT2D eigenvalue weighted by molar-refractivity contribution is -0.0498. The second-order valence-electron chi connectivity index (χ2n) is 5.60. The first kappa shape index (κ1) is 22.8. The molecule has 1 heterocycles. The number of hydrogen-bond acceptors (Lipinski definition) is 4. The molecule has 9 heteroatoms. The van der Waals surface area contributed by atoms with Crippen LogP contribution in [0.25, 0.3) is 0 Å². The van der Waals surface area contributed by atoms with Crippen LogP contribution in [0.15, 0.2) is 29.3 Å². The van der Waals surface area contributed by atoms with Crippen LogP contribution in [0.1, 0.15) is 12.5 Å². The van der Waals surface area contributed by atoms with Gasteiger partial charge in [-0.05, 0) is 24.6 Å². The van der Waals surface area contributed by atoms with E-state index in [4.69, 9.17) is 4.74 Å². The molecule has 1 aliphatic rings. The number of benzene rings is 1. The number of nitrogens with one attached hydrogen (secondary N) is 2. The van der Waals surface area contributed by atoms with Gasteiger partial charge in [0.25, 0.3) is 0 Å². The first-order valence-corrected chi connectivity index (χ1v) is 8.53. The van der Waals surface area contributed by atoms with Crippen LogP contribution in [0, 0.1) is 0 Å². The normalized spacial score (nSPS) is 15.5. The van der Waals surface area contributed by atoms with E-state index >= 15 is 0 Å². The molecular weight excluding hydrogens is 457 g/mol. The maximum Gasteiger partial charge on any atom is 0.387 e. The highest BCUT2D eigenvalue weighted by molar-refractivity contribution is 14.0. The van der Waals surface area contributed by atoms with Crippen LogP contribution >= 0.6 is 24.0 Å². The van der Waals surface area contributed by atoms with E-state index < -0.39 is 6.61 Å². The van der Waals surface area contributed by atoms with Gasteiger partial charge in [0.05, 0.1) is 19.8 Å². The monoisotopic (exact) mass is 484 g/mol. The number of ether oxygens (including phenoxy) is 2. The van der Waals surface area contributed by atoms with Crippen molar-refractivity contribution in [2.45, 2.75) is 20.1 Å². The van der Waals surface area contributed by atoms with Crippen LogP contribution < -0.4 is 15.4 Å². The summed E-state index contributed by atoms with van der Waals surface area (Å²) in [6, 6.07) is 6.60. The zero-order chi connectivity index (χ0) is 17.9. The molecule has 0 atom stereocenters. The van der Waals surface area contributed by atoms with Gasteiger partial charge in [0.1, 0.15) is 5.75 Å². The Morgan fingerprint density at radius 1 is 1.31 bits per heavy atom. The number of rotatable bonds is 8. The summed E-state index contributed by atoms with van der Waals surface area (Å²) in [5.74, 6) is 0.851. The molecule has 1 aliphatic heterocycles. The van der Waals surface area contributed by atoms with Crippen LogP contribution in [0.3, 0.4) is 0 Å². The van der Waals surface area contributed by atoms with Crippen LogP contribution in [0.2, 0.25) is 0 Å². The molecule has 26 heavy (non-hydrogen) atoms. The second kappa shape index (κ2) is 13.0. The van der Waals surface area contributed by atoms with E-state index in [-0.39, 0.29) is 29.7 Å². The maximum atomic E-state index is 12.3. The van der Waals surface area contributed by atoms with E-state index in [2.05, 4.69) is 25.3 Å². The average molecular weight is 484 g/mol. The summed E-state index contributed by atoms with van der Waals surface area (Å²) in [5, 5.41) is 6.47. The molecule has 1 saturated heterocycles. The molecule has 1 aromatic rings. The van der Waals surface area contributed by atoms with Crippen molar-refractivity contribution in [2.75, 3.05) is 45.9 Å². The Kier molecular flexibility index (Phi) is 11.5. The Morgan fingerprint density at radius 2 is 2.08 bits per heavy atom. The molecule has 0 spiro atoms. The second-order valence-corrected chi connectivity index (χ2v) is 5.60. The summed E-state index contributed by atoms with van der Waals surface area (Å²) in [7, 11) is 0. The van der Waals surface area contributed by atoms with Crippen molar-refractivity contribution in [2.24, 2.45) is 4.99 Å². The zero-order valence-corrected chi connectivity index (χ0v) is 17.2. The lowest BCUT2D eigenvalue weighted by Crippen LogP contribution is -2.44. The number of guanidine groups is 1. The van der Waals surface area contributed by atoms with Crippen LogP contribution in [-0.4, -0.2) is 63.4 Å². The molecule has 148 valence electrons. The van der Waals surface area contributed by atoms with Crippen molar-refractivity contribution >= 4 is 29.9 Å². The third-order valence-corrected chi connectivity index (χ3v) is 3.71. The van der Waals surface area contributed by atoms with Crippen molar-refractivity contribution in [1.29, 1.82) is 0 Å². The van der Waals surface area contributed by atoms with Gasteiger partial charge in [0, 0.05) is 32.7 Å². The minimum absolute atomic E-state index is 0. The fraction of sp³-hybridized carbons (Fsp3) is 0.588. The Labute approximate surface area is 170 Å². The first-order valence-electron chi connectivity index (χ1n) is 8.53. The summed E-state index contributed by atoms with van der Waals surface area (Å²) in [6.07, 6.45) is 0. The highest BCUT2D eigenvalue weighted by Gasteiger charge is 2.09. The average Bonchev–Trinajstić information content (AvgIpc) is 2.60. The van der Waals surface area contributed by atoms with E-state index in [1.165, 1.54) is 6.07 Å². The molecule has 0 amide bonds. The number of nitrogens with zero attached hydrogens (tertiary/aromatic N) is 2. The number of halogens is 3. The molecule has 2 N–H and O–H groups in total. The molecule has 0 saturated carbocycles. The van der Waals surface area contributed by atoms with E-state index in [0.29, 0.717) is 12.5 Å². The lowest BCUT2D eigenvalue weighted by Gasteiger charge is -2.26. The molecule has 2 rings (SSSR count). The van der Waals surface area contributed by atoms with Gasteiger partial charge in [-0.25, -0.2) is 4.99 Å². The minimum atomic E-state index is -2.82. The maximum absolute atomic E-state index is 12.3. The summed E-state index contributed by atoms with van der Waals surface area (Å²) in [6.45, 7) is 5.47. The number of hydrogen-bond donors (Lipinski definition) is 2. The summed E-state index contributed by atoms with van der Waals surface area (Å²) >= 11 is 0. The van der Waals surface area contributed by atoms with Crippen molar-refractivity contribution in [3.63, 3.8) is 0 Å². The predicted octanol–water partition coefficient (Wildman–Crippen LogP) is 2.29. The van der Waals surface area contributed by atoms with Gasteiger partial charge in [-0.3, -0.25) is 4.90 Å². The molecule has 0 unspecified atom stereocenters. The molecule has 1 aromatic carbocycles. The smallest absolute Gasteiger partial charge is 0.387 e. The highest BCUT2D eigenvalue weighted by atomic mass is 127. The van der Waals surface area contributed by atoms with Crippen molar-refractivity contribution in [3.8, 4) is 5.75 Å². The molecule has 0 bridgehead atoms. The number of alkyl halides is 2. The fourth-order valence-corrected chi connectivity index (χ4v) is 2.49. The van der Waals surface area contributed by atoms with Gasteiger partial charge in [-0.1, -0.05) is 12.1 Å². The van der Waals surface area contributed by atoms with Crippen molar-refractivity contribution < 1.29 is 18.3 Å². The number of aliphatic imine (C=N–C) groups is 1. The summed E-state index contributed by atoms with van der Waals surface area (Å²) in [5.41, 5.74) is 0.809. The van der Waals surface area contributed by atoms with Gasteiger partial charge in [0.15, 0.2) is 5.96 Å². The van der Waals surface area contributed by atoms with Crippen LogP contribution in [0.5, 0.6) is 5.75 Å². The SMILES string of the molecule is CCNC(=NCc1cccc(OC(F)F)c1)NCCN1CCOCC1.I. The van der Waals surface area contributed by atoms with E-state index in [0.717, 1.165) is 51.5 Å². The lowest BCUT2D eigenvalue weighted by atomic mass is 10.2. The highest BCUT2D eigenvalue weighted by Crippen LogP contribution is 2.16. The predicted molar refractivity (Wildman–Crippen MR) is 109 cm³/mol. The quantitative estimate of drug-likeness (QED) is 0.337. The van der Waals surface area contributed by atoms with Crippen LogP contribution in [-0.2, 0) is 11.3 Å². The summed E-state index contributed by atoms with van der Waals surface area (Å²) < 4.78 is 34.3. The molecule has 1 fully saturated rings. The Bertz CT molecular complexity index is 543. The Balaban J connectivity index is 0.00000338. The number of morpholine rings is 1. The van der Waals surface area contributed by atoms with Gasteiger partial charge in [0.2, 0.25) is 0 Å². The summed E-state index contributed by atoms with van der Waals surface area (Å²) in [4.78, 5) is 6.83. The fourth-order valence-electron chi connectivity index (χ4n) is 2.49. The zero-order valence-electron chi connectivity index (χ0n) is 14.9. The van der Waals surface area contributed by atoms with Crippen LogP contribution in [0.4, 0.5) is 8.78 Å². The molecule has 6 nitrogen and oxygen atoms in total. The third kappa shape index (κ3) is 8.95.